The third-order valence-corrected chi connectivity index (χ3v) is 3.56. The predicted molar refractivity (Wildman–Crippen MR) is 70.1 cm³/mol. The maximum atomic E-state index is 11.9. The summed E-state index contributed by atoms with van der Waals surface area (Å²) in [5.41, 5.74) is 1.38. The summed E-state index contributed by atoms with van der Waals surface area (Å²) in [5, 5.41) is 3.35. The van der Waals surface area contributed by atoms with Gasteiger partial charge in [-0.05, 0) is 37.3 Å². The van der Waals surface area contributed by atoms with E-state index in [1.165, 1.54) is 5.56 Å². The Morgan fingerprint density at radius 1 is 1.35 bits per heavy atom. The van der Waals surface area contributed by atoms with Crippen LogP contribution >= 0.6 is 0 Å². The fourth-order valence-electron chi connectivity index (χ4n) is 2.61. The Morgan fingerprint density at radius 3 is 2.82 bits per heavy atom. The number of hydrogen-bond donors (Lipinski definition) is 1. The Kier molecular flexibility index (Phi) is 4.32. The third-order valence-electron chi connectivity index (χ3n) is 3.56. The van der Waals surface area contributed by atoms with E-state index in [4.69, 9.17) is 0 Å². The van der Waals surface area contributed by atoms with E-state index >= 15 is 0 Å². The van der Waals surface area contributed by atoms with Gasteiger partial charge in [-0.25, -0.2) is 0 Å². The molecule has 0 aliphatic carbocycles. The van der Waals surface area contributed by atoms with Crippen LogP contribution in [0.2, 0.25) is 0 Å². The van der Waals surface area contributed by atoms with Gasteiger partial charge in [0.15, 0.2) is 0 Å². The highest BCUT2D eigenvalue weighted by Crippen LogP contribution is 2.28. The molecule has 1 aromatic carbocycles. The van der Waals surface area contributed by atoms with Crippen molar-refractivity contribution in [2.75, 3.05) is 6.54 Å². The van der Waals surface area contributed by atoms with E-state index in [2.05, 4.69) is 36.5 Å². The minimum Gasteiger partial charge on any atom is -0.307 e. The Hall–Kier alpha value is -1.15. The summed E-state index contributed by atoms with van der Waals surface area (Å²) in [7, 11) is 0. The van der Waals surface area contributed by atoms with Gasteiger partial charge in [0.05, 0.1) is 6.04 Å². The molecule has 0 amide bonds. The van der Waals surface area contributed by atoms with Crippen molar-refractivity contribution in [2.45, 2.75) is 44.6 Å². The minimum absolute atomic E-state index is 0.0777. The number of carbonyl (C=O) groups excluding carboxylic acids is 1. The van der Waals surface area contributed by atoms with E-state index in [0.29, 0.717) is 18.1 Å². The lowest BCUT2D eigenvalue weighted by atomic mass is 9.84. The molecule has 1 aromatic rings. The second kappa shape index (κ2) is 5.97. The Morgan fingerprint density at radius 2 is 2.12 bits per heavy atom. The molecule has 2 atom stereocenters. The fraction of sp³-hybridized carbons (Fsp3) is 0.533. The lowest BCUT2D eigenvalue weighted by Gasteiger charge is -2.29. The second-order valence-corrected chi connectivity index (χ2v) is 4.86. The smallest absolute Gasteiger partial charge is 0.149 e. The maximum Gasteiger partial charge on any atom is 0.149 e. The molecule has 17 heavy (non-hydrogen) atoms. The first kappa shape index (κ1) is 12.3. The number of nitrogens with one attached hydrogen (secondary N) is 1. The van der Waals surface area contributed by atoms with E-state index < -0.39 is 0 Å². The van der Waals surface area contributed by atoms with Crippen molar-refractivity contribution < 1.29 is 4.79 Å². The summed E-state index contributed by atoms with van der Waals surface area (Å²) in [6.07, 6.45) is 3.76. The Labute approximate surface area is 103 Å². The van der Waals surface area contributed by atoms with E-state index in [1.807, 2.05) is 6.07 Å². The number of carbonyl (C=O) groups is 1. The molecule has 92 valence electrons. The van der Waals surface area contributed by atoms with Crippen molar-refractivity contribution >= 4 is 5.78 Å². The monoisotopic (exact) mass is 231 g/mol. The van der Waals surface area contributed by atoms with Crippen LogP contribution in [0.5, 0.6) is 0 Å². The summed E-state index contributed by atoms with van der Waals surface area (Å²) in [6, 6.07) is 10.6. The van der Waals surface area contributed by atoms with E-state index in [9.17, 15) is 4.79 Å². The van der Waals surface area contributed by atoms with Gasteiger partial charge in [0, 0.05) is 6.42 Å². The lowest BCUT2D eigenvalue weighted by molar-refractivity contribution is -0.121. The van der Waals surface area contributed by atoms with Crippen LogP contribution in [0.3, 0.4) is 0 Å². The van der Waals surface area contributed by atoms with Gasteiger partial charge in [-0.3, -0.25) is 4.79 Å². The molecule has 1 aliphatic heterocycles. The Bertz CT molecular complexity index is 360. The van der Waals surface area contributed by atoms with Crippen molar-refractivity contribution in [1.29, 1.82) is 0 Å². The average Bonchev–Trinajstić information content (AvgIpc) is 2.40. The van der Waals surface area contributed by atoms with Gasteiger partial charge in [0.25, 0.3) is 0 Å². The summed E-state index contributed by atoms with van der Waals surface area (Å²) >= 11 is 0. The van der Waals surface area contributed by atoms with Crippen molar-refractivity contribution in [3.63, 3.8) is 0 Å². The number of piperidine rings is 1. The third kappa shape index (κ3) is 3.16. The SMILES string of the molecule is CCCC(=O)C1CC(c2ccccc2)CCN1. The van der Waals surface area contributed by atoms with Crippen LogP contribution in [-0.2, 0) is 4.79 Å². The quantitative estimate of drug-likeness (QED) is 0.863. The van der Waals surface area contributed by atoms with Crippen molar-refractivity contribution in [1.82, 2.24) is 5.32 Å². The summed E-state index contributed by atoms with van der Waals surface area (Å²) in [4.78, 5) is 11.9. The topological polar surface area (TPSA) is 29.1 Å². The molecule has 0 spiro atoms. The summed E-state index contributed by atoms with van der Waals surface area (Å²) < 4.78 is 0. The van der Waals surface area contributed by atoms with Crippen LogP contribution in [0.4, 0.5) is 0 Å². The van der Waals surface area contributed by atoms with Gasteiger partial charge in [-0.2, -0.15) is 0 Å². The van der Waals surface area contributed by atoms with Crippen LogP contribution < -0.4 is 5.32 Å². The zero-order valence-corrected chi connectivity index (χ0v) is 10.5. The first-order valence-electron chi connectivity index (χ1n) is 6.62. The molecule has 1 N–H and O–H groups in total. The molecule has 2 heteroatoms. The molecule has 2 rings (SSSR count). The highest BCUT2D eigenvalue weighted by Gasteiger charge is 2.26. The molecular weight excluding hydrogens is 210 g/mol. The van der Waals surface area contributed by atoms with Crippen molar-refractivity contribution in [2.24, 2.45) is 0 Å². The van der Waals surface area contributed by atoms with Crippen molar-refractivity contribution in [3.8, 4) is 0 Å². The zero-order valence-electron chi connectivity index (χ0n) is 10.5. The first-order valence-corrected chi connectivity index (χ1v) is 6.62. The van der Waals surface area contributed by atoms with E-state index in [-0.39, 0.29) is 6.04 Å². The summed E-state index contributed by atoms with van der Waals surface area (Å²) in [5.74, 6) is 0.927. The molecule has 0 radical (unpaired) electrons. The van der Waals surface area contributed by atoms with Crippen LogP contribution in [0.15, 0.2) is 30.3 Å². The van der Waals surface area contributed by atoms with Crippen LogP contribution in [0.1, 0.15) is 44.1 Å². The number of benzene rings is 1. The average molecular weight is 231 g/mol. The van der Waals surface area contributed by atoms with E-state index in [0.717, 1.165) is 25.8 Å². The molecule has 0 aromatic heterocycles. The zero-order chi connectivity index (χ0) is 12.1. The molecule has 1 aliphatic rings. The number of ketones is 1. The molecule has 0 saturated carbocycles. The van der Waals surface area contributed by atoms with Gasteiger partial charge >= 0.3 is 0 Å². The molecule has 2 unspecified atom stereocenters. The highest BCUT2D eigenvalue weighted by atomic mass is 16.1. The number of rotatable bonds is 4. The number of Topliss-reactive ketones (excluding diaryl/α,β-unsaturated/α-hetero) is 1. The van der Waals surface area contributed by atoms with Gasteiger partial charge < -0.3 is 5.32 Å². The summed E-state index contributed by atoms with van der Waals surface area (Å²) in [6.45, 7) is 3.02. The predicted octanol–water partition coefficient (Wildman–Crippen LogP) is 2.89. The highest BCUT2D eigenvalue weighted by molar-refractivity contribution is 5.84. The van der Waals surface area contributed by atoms with Gasteiger partial charge in [0.2, 0.25) is 0 Å². The standard InChI is InChI=1S/C15H21NO/c1-2-6-15(17)14-11-13(9-10-16-14)12-7-4-3-5-8-12/h3-5,7-8,13-14,16H,2,6,9-11H2,1H3. The molecule has 1 heterocycles. The molecular formula is C15H21NO. The molecule has 2 nitrogen and oxygen atoms in total. The molecule has 1 fully saturated rings. The number of hydrogen-bond acceptors (Lipinski definition) is 2. The lowest BCUT2D eigenvalue weighted by Crippen LogP contribution is -2.42. The molecule has 0 bridgehead atoms. The van der Waals surface area contributed by atoms with Gasteiger partial charge in [-0.1, -0.05) is 37.3 Å². The Balaban J connectivity index is 2.00. The maximum absolute atomic E-state index is 11.9. The minimum atomic E-state index is 0.0777. The van der Waals surface area contributed by atoms with Crippen LogP contribution in [-0.4, -0.2) is 18.4 Å². The first-order chi connectivity index (χ1) is 8.31. The van der Waals surface area contributed by atoms with Gasteiger partial charge in [-0.15, -0.1) is 0 Å². The molecule has 1 saturated heterocycles. The van der Waals surface area contributed by atoms with Crippen molar-refractivity contribution in [3.05, 3.63) is 35.9 Å². The van der Waals surface area contributed by atoms with Crippen LogP contribution in [0.25, 0.3) is 0 Å². The second-order valence-electron chi connectivity index (χ2n) is 4.86. The van der Waals surface area contributed by atoms with E-state index in [1.54, 1.807) is 0 Å². The van der Waals surface area contributed by atoms with Crippen LogP contribution in [0, 0.1) is 0 Å². The largest absolute Gasteiger partial charge is 0.307 e. The fourth-order valence-corrected chi connectivity index (χ4v) is 2.61. The van der Waals surface area contributed by atoms with Gasteiger partial charge in [0.1, 0.15) is 5.78 Å². The normalized spacial score (nSPS) is 24.5.